The molecule has 2 aromatic carbocycles. The maximum absolute atomic E-state index is 13.7. The SMILES string of the molecule is Cc1ccccc1NC(C(=O)O)c1c(F)cccc1F. The minimum Gasteiger partial charge on any atom is -0.479 e. The highest BCUT2D eigenvalue weighted by molar-refractivity contribution is 5.79. The third-order valence-corrected chi connectivity index (χ3v) is 2.98. The first-order valence-electron chi connectivity index (χ1n) is 5.99. The van der Waals surface area contributed by atoms with Crippen LogP contribution in [0.4, 0.5) is 14.5 Å². The number of rotatable bonds is 4. The van der Waals surface area contributed by atoms with Gasteiger partial charge in [0.05, 0.1) is 5.56 Å². The highest BCUT2D eigenvalue weighted by Gasteiger charge is 2.26. The predicted octanol–water partition coefficient (Wildman–Crippen LogP) is 3.51. The monoisotopic (exact) mass is 277 g/mol. The molecule has 20 heavy (non-hydrogen) atoms. The summed E-state index contributed by atoms with van der Waals surface area (Å²) >= 11 is 0. The molecule has 0 aliphatic carbocycles. The van der Waals surface area contributed by atoms with Crippen molar-refractivity contribution in [3.8, 4) is 0 Å². The van der Waals surface area contributed by atoms with Crippen molar-refractivity contribution in [2.24, 2.45) is 0 Å². The number of carboxylic acids is 1. The van der Waals surface area contributed by atoms with Gasteiger partial charge < -0.3 is 10.4 Å². The second kappa shape index (κ2) is 5.69. The lowest BCUT2D eigenvalue weighted by Gasteiger charge is -2.18. The molecule has 2 rings (SSSR count). The number of carboxylic acid groups (broad SMARTS) is 1. The van der Waals surface area contributed by atoms with Crippen LogP contribution in [0.5, 0.6) is 0 Å². The number of anilines is 1. The van der Waals surface area contributed by atoms with E-state index in [-0.39, 0.29) is 0 Å². The van der Waals surface area contributed by atoms with Crippen LogP contribution in [-0.4, -0.2) is 11.1 Å². The minimum atomic E-state index is -1.49. The first-order chi connectivity index (χ1) is 9.50. The van der Waals surface area contributed by atoms with Gasteiger partial charge >= 0.3 is 5.97 Å². The van der Waals surface area contributed by atoms with Gasteiger partial charge in [0, 0.05) is 5.69 Å². The molecule has 3 nitrogen and oxygen atoms in total. The summed E-state index contributed by atoms with van der Waals surface area (Å²) in [7, 11) is 0. The van der Waals surface area contributed by atoms with Gasteiger partial charge in [0.1, 0.15) is 11.6 Å². The zero-order chi connectivity index (χ0) is 14.7. The molecule has 0 aliphatic rings. The average Bonchev–Trinajstić information content (AvgIpc) is 2.39. The molecule has 0 heterocycles. The summed E-state index contributed by atoms with van der Waals surface area (Å²) < 4.78 is 27.4. The van der Waals surface area contributed by atoms with E-state index in [1.807, 2.05) is 0 Å². The zero-order valence-corrected chi connectivity index (χ0v) is 10.7. The first-order valence-corrected chi connectivity index (χ1v) is 5.99. The van der Waals surface area contributed by atoms with E-state index >= 15 is 0 Å². The lowest BCUT2D eigenvalue weighted by atomic mass is 10.0. The van der Waals surface area contributed by atoms with Crippen LogP contribution in [0.2, 0.25) is 0 Å². The van der Waals surface area contributed by atoms with Crippen LogP contribution in [0, 0.1) is 18.6 Å². The van der Waals surface area contributed by atoms with Crippen LogP contribution in [0.3, 0.4) is 0 Å². The molecule has 2 N–H and O–H groups in total. The molecular formula is C15H13F2NO2. The van der Waals surface area contributed by atoms with Crippen molar-refractivity contribution >= 4 is 11.7 Å². The van der Waals surface area contributed by atoms with Gasteiger partial charge in [-0.1, -0.05) is 24.3 Å². The summed E-state index contributed by atoms with van der Waals surface area (Å²) in [5.74, 6) is -3.13. The Balaban J connectivity index is 2.43. The molecule has 0 aliphatic heterocycles. The van der Waals surface area contributed by atoms with Gasteiger partial charge in [-0.15, -0.1) is 0 Å². The van der Waals surface area contributed by atoms with E-state index in [4.69, 9.17) is 0 Å². The number of para-hydroxylation sites is 1. The Labute approximate surface area is 114 Å². The Morgan fingerprint density at radius 2 is 1.70 bits per heavy atom. The van der Waals surface area contributed by atoms with Crippen LogP contribution in [0.25, 0.3) is 0 Å². The molecule has 1 atom stereocenters. The second-order valence-corrected chi connectivity index (χ2v) is 4.37. The number of benzene rings is 2. The Morgan fingerprint density at radius 1 is 1.10 bits per heavy atom. The minimum absolute atomic E-state index is 0.497. The van der Waals surface area contributed by atoms with E-state index in [9.17, 15) is 18.7 Å². The van der Waals surface area contributed by atoms with Crippen molar-refractivity contribution in [1.29, 1.82) is 0 Å². The van der Waals surface area contributed by atoms with Crippen LogP contribution >= 0.6 is 0 Å². The lowest BCUT2D eigenvalue weighted by molar-refractivity contribution is -0.138. The molecule has 0 radical (unpaired) electrons. The van der Waals surface area contributed by atoms with Gasteiger partial charge in [-0.2, -0.15) is 0 Å². The summed E-state index contributed by atoms with van der Waals surface area (Å²) in [5.41, 5.74) is 0.807. The van der Waals surface area contributed by atoms with E-state index in [1.54, 1.807) is 31.2 Å². The fraction of sp³-hybridized carbons (Fsp3) is 0.133. The molecular weight excluding hydrogens is 264 g/mol. The van der Waals surface area contributed by atoms with Crippen molar-refractivity contribution in [2.75, 3.05) is 5.32 Å². The number of aliphatic carboxylic acids is 1. The molecule has 0 fully saturated rings. The topological polar surface area (TPSA) is 49.3 Å². The molecule has 2 aromatic rings. The molecule has 0 saturated heterocycles. The van der Waals surface area contributed by atoms with Crippen LogP contribution in [-0.2, 0) is 4.79 Å². The number of hydrogen-bond acceptors (Lipinski definition) is 2. The van der Waals surface area contributed by atoms with Crippen LogP contribution in [0.1, 0.15) is 17.2 Å². The van der Waals surface area contributed by atoms with Crippen molar-refractivity contribution in [2.45, 2.75) is 13.0 Å². The molecule has 104 valence electrons. The Bertz CT molecular complexity index is 623. The fourth-order valence-corrected chi connectivity index (χ4v) is 1.93. The predicted molar refractivity (Wildman–Crippen MR) is 71.5 cm³/mol. The maximum atomic E-state index is 13.7. The van der Waals surface area contributed by atoms with E-state index in [1.165, 1.54) is 6.07 Å². The summed E-state index contributed by atoms with van der Waals surface area (Å²) in [4.78, 5) is 11.3. The number of nitrogens with one attached hydrogen (secondary N) is 1. The molecule has 0 spiro atoms. The Hall–Kier alpha value is -2.43. The summed E-state index contributed by atoms with van der Waals surface area (Å²) in [5, 5.41) is 11.9. The summed E-state index contributed by atoms with van der Waals surface area (Å²) in [6.07, 6.45) is 0. The largest absolute Gasteiger partial charge is 0.479 e. The van der Waals surface area contributed by atoms with Gasteiger partial charge in [-0.25, -0.2) is 13.6 Å². The standard InChI is InChI=1S/C15H13F2NO2/c1-9-5-2-3-8-12(9)18-14(15(19)20)13-10(16)6-4-7-11(13)17/h2-8,14,18H,1H3,(H,19,20). The van der Waals surface area contributed by atoms with Crippen molar-refractivity contribution in [3.05, 3.63) is 65.2 Å². The van der Waals surface area contributed by atoms with Gasteiger partial charge in [0.25, 0.3) is 0 Å². The van der Waals surface area contributed by atoms with Gasteiger partial charge in [0.15, 0.2) is 6.04 Å². The molecule has 0 saturated carbocycles. The number of halogens is 2. The molecule has 1 unspecified atom stereocenters. The van der Waals surface area contributed by atoms with Crippen molar-refractivity contribution < 1.29 is 18.7 Å². The molecule has 0 aromatic heterocycles. The van der Waals surface area contributed by atoms with Crippen LogP contribution < -0.4 is 5.32 Å². The normalized spacial score (nSPS) is 11.9. The highest BCUT2D eigenvalue weighted by Crippen LogP contribution is 2.26. The fourth-order valence-electron chi connectivity index (χ4n) is 1.93. The van der Waals surface area contributed by atoms with E-state index in [2.05, 4.69) is 5.32 Å². The molecule has 0 bridgehead atoms. The quantitative estimate of drug-likeness (QED) is 0.899. The van der Waals surface area contributed by atoms with Crippen molar-refractivity contribution in [3.63, 3.8) is 0 Å². The van der Waals surface area contributed by atoms with E-state index < -0.39 is 29.2 Å². The molecule has 0 amide bonds. The lowest BCUT2D eigenvalue weighted by Crippen LogP contribution is -2.23. The maximum Gasteiger partial charge on any atom is 0.331 e. The summed E-state index contributed by atoms with van der Waals surface area (Å²) in [6.45, 7) is 1.78. The number of aryl methyl sites for hydroxylation is 1. The number of hydrogen-bond donors (Lipinski definition) is 2. The molecule has 5 heteroatoms. The van der Waals surface area contributed by atoms with Crippen molar-refractivity contribution in [1.82, 2.24) is 0 Å². The Morgan fingerprint density at radius 3 is 2.25 bits per heavy atom. The van der Waals surface area contributed by atoms with Gasteiger partial charge in [0.2, 0.25) is 0 Å². The zero-order valence-electron chi connectivity index (χ0n) is 10.7. The third-order valence-electron chi connectivity index (χ3n) is 2.98. The Kier molecular flexibility index (Phi) is 3.98. The van der Waals surface area contributed by atoms with Gasteiger partial charge in [-0.3, -0.25) is 0 Å². The number of carbonyl (C=O) groups is 1. The first kappa shape index (κ1) is 14.0. The second-order valence-electron chi connectivity index (χ2n) is 4.37. The summed E-state index contributed by atoms with van der Waals surface area (Å²) in [6, 6.07) is 8.72. The van der Waals surface area contributed by atoms with E-state index in [0.29, 0.717) is 5.69 Å². The third kappa shape index (κ3) is 2.77. The smallest absolute Gasteiger partial charge is 0.331 e. The van der Waals surface area contributed by atoms with E-state index in [0.717, 1.165) is 17.7 Å². The average molecular weight is 277 g/mol. The van der Waals surface area contributed by atoms with Gasteiger partial charge in [-0.05, 0) is 30.7 Å². The highest BCUT2D eigenvalue weighted by atomic mass is 19.1. The van der Waals surface area contributed by atoms with Crippen LogP contribution in [0.15, 0.2) is 42.5 Å².